The molecule has 0 radical (unpaired) electrons. The molecule has 2 aromatic rings. The van der Waals surface area contributed by atoms with Crippen LogP contribution >= 0.6 is 0 Å². The van der Waals surface area contributed by atoms with Crippen LogP contribution in [0.1, 0.15) is 31.1 Å². The molecule has 1 fully saturated rings. The SMILES string of the molecule is CCc1nnc(N2CCN(Cc3nccn3C)CC2)nc1CC. The molecule has 3 heterocycles. The lowest BCUT2D eigenvalue weighted by atomic mass is 10.2. The van der Waals surface area contributed by atoms with E-state index in [0.29, 0.717) is 0 Å². The maximum Gasteiger partial charge on any atom is 0.245 e. The summed E-state index contributed by atoms with van der Waals surface area (Å²) in [5.41, 5.74) is 2.10. The van der Waals surface area contributed by atoms with Crippen molar-refractivity contribution in [1.82, 2.24) is 29.6 Å². The van der Waals surface area contributed by atoms with Crippen molar-refractivity contribution in [2.24, 2.45) is 7.05 Å². The van der Waals surface area contributed by atoms with Gasteiger partial charge in [-0.05, 0) is 12.8 Å². The molecule has 0 bridgehead atoms. The van der Waals surface area contributed by atoms with Crippen LogP contribution in [0.2, 0.25) is 0 Å². The summed E-state index contributed by atoms with van der Waals surface area (Å²) in [6.45, 7) is 8.96. The van der Waals surface area contributed by atoms with E-state index in [2.05, 4.69) is 43.4 Å². The summed E-state index contributed by atoms with van der Waals surface area (Å²) in [7, 11) is 2.04. The number of anilines is 1. The molecule has 0 unspecified atom stereocenters. The van der Waals surface area contributed by atoms with Crippen LogP contribution in [-0.2, 0) is 26.4 Å². The molecule has 7 nitrogen and oxygen atoms in total. The Labute approximate surface area is 137 Å². The second-order valence-electron chi connectivity index (χ2n) is 5.93. The molecule has 1 aliphatic rings. The van der Waals surface area contributed by atoms with Gasteiger partial charge in [0.1, 0.15) is 5.82 Å². The Hall–Kier alpha value is -2.02. The first-order chi connectivity index (χ1) is 11.2. The van der Waals surface area contributed by atoms with Crippen LogP contribution in [0.15, 0.2) is 12.4 Å². The maximum absolute atomic E-state index is 4.72. The molecule has 0 aliphatic carbocycles. The normalized spacial score (nSPS) is 16.0. The largest absolute Gasteiger partial charge is 0.337 e. The van der Waals surface area contributed by atoms with Crippen LogP contribution in [0.25, 0.3) is 0 Å². The number of piperazine rings is 1. The Balaban J connectivity index is 1.61. The first-order valence-electron chi connectivity index (χ1n) is 8.37. The van der Waals surface area contributed by atoms with Gasteiger partial charge >= 0.3 is 0 Å². The van der Waals surface area contributed by atoms with Gasteiger partial charge in [0.2, 0.25) is 5.95 Å². The van der Waals surface area contributed by atoms with E-state index in [1.165, 1.54) is 0 Å². The lowest BCUT2D eigenvalue weighted by Gasteiger charge is -2.34. The van der Waals surface area contributed by atoms with E-state index >= 15 is 0 Å². The highest BCUT2D eigenvalue weighted by atomic mass is 15.4. The minimum absolute atomic E-state index is 0.774. The van der Waals surface area contributed by atoms with E-state index in [-0.39, 0.29) is 0 Å². The molecule has 23 heavy (non-hydrogen) atoms. The summed E-state index contributed by atoms with van der Waals surface area (Å²) in [6, 6.07) is 0. The standard InChI is InChI=1S/C16H25N7/c1-4-13-14(5-2)19-20-16(18-13)23-10-8-22(9-11-23)12-15-17-6-7-21(15)3/h6-7H,4-5,8-12H2,1-3H3. The first kappa shape index (κ1) is 15.9. The van der Waals surface area contributed by atoms with Gasteiger partial charge in [0.05, 0.1) is 17.9 Å². The number of aromatic nitrogens is 5. The van der Waals surface area contributed by atoms with Gasteiger partial charge in [0.15, 0.2) is 0 Å². The number of rotatable bonds is 5. The second kappa shape index (κ2) is 7.04. The summed E-state index contributed by atoms with van der Waals surface area (Å²) in [4.78, 5) is 13.8. The molecular weight excluding hydrogens is 290 g/mol. The predicted octanol–water partition coefficient (Wildman–Crippen LogP) is 1.05. The first-order valence-corrected chi connectivity index (χ1v) is 8.37. The molecule has 0 aromatic carbocycles. The lowest BCUT2D eigenvalue weighted by molar-refractivity contribution is 0.240. The van der Waals surface area contributed by atoms with Gasteiger partial charge < -0.3 is 9.47 Å². The van der Waals surface area contributed by atoms with E-state index in [9.17, 15) is 0 Å². The topological polar surface area (TPSA) is 63.0 Å². The van der Waals surface area contributed by atoms with Crippen molar-refractivity contribution in [3.63, 3.8) is 0 Å². The fourth-order valence-electron chi connectivity index (χ4n) is 2.92. The van der Waals surface area contributed by atoms with Crippen molar-refractivity contribution in [2.45, 2.75) is 33.2 Å². The van der Waals surface area contributed by atoms with Crippen molar-refractivity contribution >= 4 is 5.95 Å². The quantitative estimate of drug-likeness (QED) is 0.822. The van der Waals surface area contributed by atoms with Crippen molar-refractivity contribution in [3.05, 3.63) is 29.6 Å². The minimum atomic E-state index is 0.774. The Morgan fingerprint density at radius 1 is 1.00 bits per heavy atom. The number of nitrogens with zero attached hydrogens (tertiary/aromatic N) is 7. The van der Waals surface area contributed by atoms with Gasteiger partial charge in [-0.15, -0.1) is 5.10 Å². The fourth-order valence-corrected chi connectivity index (χ4v) is 2.92. The van der Waals surface area contributed by atoms with Crippen LogP contribution in [0.5, 0.6) is 0 Å². The zero-order valence-electron chi connectivity index (χ0n) is 14.2. The molecule has 0 saturated carbocycles. The summed E-state index contributed by atoms with van der Waals surface area (Å²) in [5, 5.41) is 8.68. The monoisotopic (exact) mass is 315 g/mol. The summed E-state index contributed by atoms with van der Waals surface area (Å²) in [5.74, 6) is 1.88. The smallest absolute Gasteiger partial charge is 0.245 e. The van der Waals surface area contributed by atoms with Crippen molar-refractivity contribution in [2.75, 3.05) is 31.1 Å². The minimum Gasteiger partial charge on any atom is -0.337 e. The average molecular weight is 315 g/mol. The third kappa shape index (κ3) is 3.50. The molecule has 124 valence electrons. The molecule has 0 spiro atoms. The molecule has 2 aromatic heterocycles. The molecular formula is C16H25N7. The fraction of sp³-hybridized carbons (Fsp3) is 0.625. The summed E-state index contributed by atoms with van der Waals surface area (Å²) >= 11 is 0. The number of hydrogen-bond acceptors (Lipinski definition) is 6. The molecule has 1 aliphatic heterocycles. The highest BCUT2D eigenvalue weighted by molar-refractivity contribution is 5.31. The molecule has 1 saturated heterocycles. The van der Waals surface area contributed by atoms with Crippen LogP contribution in [0.3, 0.4) is 0 Å². The third-order valence-electron chi connectivity index (χ3n) is 4.44. The summed E-state index contributed by atoms with van der Waals surface area (Å²) in [6.07, 6.45) is 5.64. The zero-order valence-corrected chi connectivity index (χ0v) is 14.2. The third-order valence-corrected chi connectivity index (χ3v) is 4.44. The number of imidazole rings is 1. The maximum atomic E-state index is 4.72. The molecule has 0 N–H and O–H groups in total. The molecule has 0 atom stereocenters. The number of hydrogen-bond donors (Lipinski definition) is 0. The van der Waals surface area contributed by atoms with E-state index in [1.807, 2.05) is 19.4 Å². The van der Waals surface area contributed by atoms with Crippen molar-refractivity contribution < 1.29 is 0 Å². The van der Waals surface area contributed by atoms with Gasteiger partial charge in [-0.25, -0.2) is 9.97 Å². The van der Waals surface area contributed by atoms with Crippen LogP contribution in [0.4, 0.5) is 5.95 Å². The van der Waals surface area contributed by atoms with Crippen LogP contribution in [0, 0.1) is 0 Å². The Morgan fingerprint density at radius 2 is 1.74 bits per heavy atom. The van der Waals surface area contributed by atoms with Crippen LogP contribution in [-0.4, -0.2) is 55.8 Å². The Bertz CT molecular complexity index is 644. The van der Waals surface area contributed by atoms with Gasteiger partial charge in [0.25, 0.3) is 0 Å². The van der Waals surface area contributed by atoms with Gasteiger partial charge in [-0.1, -0.05) is 13.8 Å². The van der Waals surface area contributed by atoms with Gasteiger partial charge in [-0.2, -0.15) is 5.10 Å². The Kier molecular flexibility index (Phi) is 4.85. The van der Waals surface area contributed by atoms with E-state index in [1.54, 1.807) is 0 Å². The molecule has 7 heteroatoms. The van der Waals surface area contributed by atoms with Gasteiger partial charge in [-0.3, -0.25) is 4.90 Å². The zero-order chi connectivity index (χ0) is 16.2. The van der Waals surface area contributed by atoms with Crippen molar-refractivity contribution in [1.29, 1.82) is 0 Å². The number of aryl methyl sites for hydroxylation is 3. The van der Waals surface area contributed by atoms with Gasteiger partial charge in [0, 0.05) is 45.6 Å². The van der Waals surface area contributed by atoms with Crippen LogP contribution < -0.4 is 4.90 Å². The van der Waals surface area contributed by atoms with Crippen molar-refractivity contribution in [3.8, 4) is 0 Å². The Morgan fingerprint density at radius 3 is 2.35 bits per heavy atom. The lowest BCUT2D eigenvalue weighted by Crippen LogP contribution is -2.47. The predicted molar refractivity (Wildman–Crippen MR) is 89.3 cm³/mol. The highest BCUT2D eigenvalue weighted by Crippen LogP contribution is 2.14. The van der Waals surface area contributed by atoms with E-state index < -0.39 is 0 Å². The molecule has 0 amide bonds. The summed E-state index contributed by atoms with van der Waals surface area (Å²) < 4.78 is 2.08. The molecule has 3 rings (SSSR count). The van der Waals surface area contributed by atoms with E-state index in [4.69, 9.17) is 4.98 Å². The second-order valence-corrected chi connectivity index (χ2v) is 5.93. The highest BCUT2D eigenvalue weighted by Gasteiger charge is 2.21. The van der Waals surface area contributed by atoms with E-state index in [0.717, 1.165) is 68.7 Å². The average Bonchev–Trinajstić information content (AvgIpc) is 3.00.